The second kappa shape index (κ2) is 7.13. The van der Waals surface area contributed by atoms with Gasteiger partial charge in [-0.2, -0.15) is 16.9 Å². The average molecular weight is 299 g/mol. The van der Waals surface area contributed by atoms with Gasteiger partial charge in [-0.1, -0.05) is 20.8 Å². The number of carbonyl (C=O) groups is 1. The van der Waals surface area contributed by atoms with Crippen molar-refractivity contribution in [1.29, 1.82) is 0 Å². The topological polar surface area (TPSA) is 67.2 Å². The van der Waals surface area contributed by atoms with Gasteiger partial charge in [-0.3, -0.25) is 9.48 Å². The predicted octanol–water partition coefficient (Wildman–Crippen LogP) is 1.56. The number of nitrogens with one attached hydrogen (secondary N) is 1. The molecule has 1 heterocycles. The van der Waals surface area contributed by atoms with Gasteiger partial charge in [0.15, 0.2) is 0 Å². The quantitative estimate of drug-likeness (QED) is 0.836. The van der Waals surface area contributed by atoms with Crippen LogP contribution in [0.15, 0.2) is 6.20 Å². The Morgan fingerprint density at radius 3 is 2.70 bits per heavy atom. The number of thioether (sulfide) groups is 1. The van der Waals surface area contributed by atoms with Crippen molar-refractivity contribution in [3.63, 3.8) is 0 Å². The molecular weight excluding hydrogens is 274 g/mol. The molecule has 1 aromatic rings. The van der Waals surface area contributed by atoms with Crippen LogP contribution in [0, 0.1) is 0 Å². The lowest BCUT2D eigenvalue weighted by atomic mass is 9.89. The van der Waals surface area contributed by atoms with E-state index in [0.29, 0.717) is 12.0 Å². The van der Waals surface area contributed by atoms with Gasteiger partial charge in [-0.25, -0.2) is 0 Å². The molecule has 6 heteroatoms. The fourth-order valence-corrected chi connectivity index (χ4v) is 2.68. The molecule has 1 atom stereocenters. The van der Waals surface area contributed by atoms with Crippen LogP contribution in [0.25, 0.3) is 0 Å². The van der Waals surface area contributed by atoms with E-state index in [1.165, 1.54) is 0 Å². The van der Waals surface area contributed by atoms with Gasteiger partial charge in [-0.05, 0) is 12.7 Å². The first kappa shape index (κ1) is 17.0. The molecule has 0 spiro atoms. The monoisotopic (exact) mass is 299 g/mol. The van der Waals surface area contributed by atoms with Crippen LogP contribution in [0.4, 0.5) is 0 Å². The summed E-state index contributed by atoms with van der Waals surface area (Å²) in [5, 5.41) is 16.4. The molecule has 5 nitrogen and oxygen atoms in total. The van der Waals surface area contributed by atoms with Crippen LogP contribution in [-0.4, -0.2) is 45.5 Å². The third kappa shape index (κ3) is 4.52. The zero-order chi connectivity index (χ0) is 15.3. The first-order chi connectivity index (χ1) is 9.29. The van der Waals surface area contributed by atoms with Crippen molar-refractivity contribution < 1.29 is 9.90 Å². The third-order valence-corrected chi connectivity index (χ3v) is 3.70. The van der Waals surface area contributed by atoms with E-state index in [2.05, 4.69) is 10.4 Å². The first-order valence-corrected chi connectivity index (χ1v) is 8.13. The highest BCUT2D eigenvalue weighted by Gasteiger charge is 2.26. The highest BCUT2D eigenvalue weighted by Crippen LogP contribution is 2.24. The van der Waals surface area contributed by atoms with E-state index in [4.69, 9.17) is 5.11 Å². The number of hydrogen-bond acceptors (Lipinski definition) is 4. The van der Waals surface area contributed by atoms with E-state index in [-0.39, 0.29) is 24.0 Å². The number of nitrogens with zero attached hydrogens (tertiary/aromatic N) is 2. The predicted molar refractivity (Wildman–Crippen MR) is 83.2 cm³/mol. The van der Waals surface area contributed by atoms with Crippen molar-refractivity contribution in [3.8, 4) is 0 Å². The Morgan fingerprint density at radius 2 is 2.20 bits per heavy atom. The molecule has 1 amide bonds. The summed E-state index contributed by atoms with van der Waals surface area (Å²) in [6.07, 6.45) is 4.31. The Kier molecular flexibility index (Phi) is 6.07. The number of aryl methyl sites for hydroxylation is 1. The summed E-state index contributed by atoms with van der Waals surface area (Å²) >= 11 is 1.66. The summed E-state index contributed by atoms with van der Waals surface area (Å²) in [6, 6.07) is -0.0180. The van der Waals surface area contributed by atoms with Crippen molar-refractivity contribution in [2.45, 2.75) is 38.6 Å². The number of carbonyl (C=O) groups excluding carboxylic acids is 1. The molecule has 0 fully saturated rings. The lowest BCUT2D eigenvalue weighted by Crippen LogP contribution is -2.38. The Balaban J connectivity index is 2.91. The van der Waals surface area contributed by atoms with Gasteiger partial charge < -0.3 is 10.4 Å². The van der Waals surface area contributed by atoms with Crippen molar-refractivity contribution in [3.05, 3.63) is 17.5 Å². The van der Waals surface area contributed by atoms with E-state index in [1.54, 1.807) is 22.6 Å². The second-order valence-corrected chi connectivity index (χ2v) is 6.86. The summed E-state index contributed by atoms with van der Waals surface area (Å²) in [4.78, 5) is 12.4. The summed E-state index contributed by atoms with van der Waals surface area (Å²) < 4.78 is 1.67. The first-order valence-electron chi connectivity index (χ1n) is 6.74. The lowest BCUT2D eigenvalue weighted by Gasteiger charge is -2.20. The van der Waals surface area contributed by atoms with Gasteiger partial charge in [0, 0.05) is 37.1 Å². The van der Waals surface area contributed by atoms with Crippen LogP contribution in [0.1, 0.15) is 43.2 Å². The number of hydrogen-bond donors (Lipinski definition) is 2. The van der Waals surface area contributed by atoms with Crippen molar-refractivity contribution >= 4 is 17.7 Å². The van der Waals surface area contributed by atoms with E-state index >= 15 is 0 Å². The summed E-state index contributed by atoms with van der Waals surface area (Å²) in [5.74, 6) is 0.674. The largest absolute Gasteiger partial charge is 0.396 e. The molecular formula is C14H25N3O2S. The van der Waals surface area contributed by atoms with Crippen LogP contribution in [0.3, 0.4) is 0 Å². The molecule has 0 aliphatic rings. The Hall–Kier alpha value is -1.01. The molecule has 114 valence electrons. The summed E-state index contributed by atoms with van der Waals surface area (Å²) in [7, 11) is 1.82. The van der Waals surface area contributed by atoms with Gasteiger partial charge >= 0.3 is 0 Å². The summed E-state index contributed by atoms with van der Waals surface area (Å²) in [6.45, 7) is 6.20. The van der Waals surface area contributed by atoms with E-state index in [0.717, 1.165) is 11.4 Å². The molecule has 2 N–H and O–H groups in total. The van der Waals surface area contributed by atoms with Crippen molar-refractivity contribution in [1.82, 2.24) is 15.1 Å². The number of aliphatic hydroxyl groups excluding tert-OH is 1. The Bertz CT molecular complexity index is 446. The zero-order valence-corrected chi connectivity index (χ0v) is 13.8. The second-order valence-electron chi connectivity index (χ2n) is 5.95. The number of rotatable bonds is 6. The molecule has 0 aliphatic heterocycles. The molecule has 20 heavy (non-hydrogen) atoms. The fourth-order valence-electron chi connectivity index (χ4n) is 2.03. The van der Waals surface area contributed by atoms with Crippen LogP contribution in [0.2, 0.25) is 0 Å². The SMILES string of the molecule is CSCC(CCO)NC(=O)c1cn(C)nc1C(C)(C)C. The standard InChI is InChI=1S/C14H25N3O2S/c1-14(2,3)12-11(8-17(4)16-12)13(19)15-10(6-7-18)9-20-5/h8,10,18H,6-7,9H2,1-5H3,(H,15,19). The zero-order valence-electron chi connectivity index (χ0n) is 12.9. The molecule has 0 saturated carbocycles. The van der Waals surface area contributed by atoms with Gasteiger partial charge in [-0.15, -0.1) is 0 Å². The van der Waals surface area contributed by atoms with Crippen molar-refractivity contribution in [2.24, 2.45) is 7.05 Å². The molecule has 1 rings (SSSR count). The van der Waals surface area contributed by atoms with E-state index in [1.807, 2.05) is 34.1 Å². The number of aliphatic hydroxyl groups is 1. The maximum Gasteiger partial charge on any atom is 0.255 e. The lowest BCUT2D eigenvalue weighted by molar-refractivity contribution is 0.0933. The number of amides is 1. The molecule has 0 bridgehead atoms. The van der Waals surface area contributed by atoms with Crippen LogP contribution >= 0.6 is 11.8 Å². The van der Waals surface area contributed by atoms with Gasteiger partial charge in [0.05, 0.1) is 11.3 Å². The molecule has 0 aromatic carbocycles. The highest BCUT2D eigenvalue weighted by atomic mass is 32.2. The maximum atomic E-state index is 12.4. The molecule has 0 saturated heterocycles. The van der Waals surface area contributed by atoms with E-state index < -0.39 is 0 Å². The van der Waals surface area contributed by atoms with Crippen LogP contribution < -0.4 is 5.32 Å². The molecule has 1 unspecified atom stereocenters. The smallest absolute Gasteiger partial charge is 0.255 e. The third-order valence-electron chi connectivity index (χ3n) is 2.96. The normalized spacial score (nSPS) is 13.3. The van der Waals surface area contributed by atoms with Crippen LogP contribution in [-0.2, 0) is 12.5 Å². The maximum absolute atomic E-state index is 12.4. The highest BCUT2D eigenvalue weighted by molar-refractivity contribution is 7.98. The Morgan fingerprint density at radius 1 is 1.55 bits per heavy atom. The Labute approximate surface area is 125 Å². The summed E-state index contributed by atoms with van der Waals surface area (Å²) in [5.41, 5.74) is 1.23. The van der Waals surface area contributed by atoms with Gasteiger partial charge in [0.25, 0.3) is 5.91 Å². The molecule has 0 aliphatic carbocycles. The van der Waals surface area contributed by atoms with Crippen molar-refractivity contribution in [2.75, 3.05) is 18.6 Å². The average Bonchev–Trinajstić information content (AvgIpc) is 2.72. The fraction of sp³-hybridized carbons (Fsp3) is 0.714. The number of aromatic nitrogens is 2. The minimum Gasteiger partial charge on any atom is -0.396 e. The molecule has 1 aromatic heterocycles. The minimum absolute atomic E-state index is 0.0180. The van der Waals surface area contributed by atoms with Crippen LogP contribution in [0.5, 0.6) is 0 Å². The van der Waals surface area contributed by atoms with Gasteiger partial charge in [0.1, 0.15) is 0 Å². The van der Waals surface area contributed by atoms with Gasteiger partial charge in [0.2, 0.25) is 0 Å². The van der Waals surface area contributed by atoms with E-state index in [9.17, 15) is 4.79 Å². The molecule has 0 radical (unpaired) electrons. The minimum atomic E-state index is -0.181.